The van der Waals surface area contributed by atoms with Gasteiger partial charge in [-0.25, -0.2) is 9.59 Å². The number of amides is 2. The van der Waals surface area contributed by atoms with Crippen molar-refractivity contribution in [3.8, 4) is 0 Å². The molecule has 6 nitrogen and oxygen atoms in total. The summed E-state index contributed by atoms with van der Waals surface area (Å²) in [5, 5.41) is 12.0. The lowest BCUT2D eigenvalue weighted by molar-refractivity contribution is -0.140. The highest BCUT2D eigenvalue weighted by Gasteiger charge is 2.35. The van der Waals surface area contributed by atoms with Crippen LogP contribution in [0.4, 0.5) is 4.79 Å². The van der Waals surface area contributed by atoms with Crippen LogP contribution in [-0.2, 0) is 4.79 Å². The van der Waals surface area contributed by atoms with Crippen molar-refractivity contribution in [2.24, 2.45) is 0 Å². The Kier molecular flexibility index (Phi) is 4.34. The van der Waals surface area contributed by atoms with Gasteiger partial charge in [-0.1, -0.05) is 0 Å². The van der Waals surface area contributed by atoms with Crippen molar-refractivity contribution >= 4 is 23.8 Å². The van der Waals surface area contributed by atoms with Crippen molar-refractivity contribution in [3.05, 3.63) is 0 Å². The molecule has 102 valence electrons. The van der Waals surface area contributed by atoms with E-state index in [-0.39, 0.29) is 12.1 Å². The fourth-order valence-corrected chi connectivity index (χ4v) is 3.40. The van der Waals surface area contributed by atoms with Crippen molar-refractivity contribution in [1.82, 2.24) is 15.1 Å². The second-order valence-electron chi connectivity index (χ2n) is 4.85. The summed E-state index contributed by atoms with van der Waals surface area (Å²) in [5.41, 5.74) is 0. The molecule has 0 saturated carbocycles. The van der Waals surface area contributed by atoms with E-state index in [1.54, 1.807) is 0 Å². The van der Waals surface area contributed by atoms with Crippen molar-refractivity contribution in [2.45, 2.75) is 24.9 Å². The number of carbonyl (C=O) groups excluding carboxylic acids is 1. The molecule has 2 amide bonds. The van der Waals surface area contributed by atoms with Gasteiger partial charge in [0.15, 0.2) is 0 Å². The van der Waals surface area contributed by atoms with Gasteiger partial charge in [0.25, 0.3) is 0 Å². The first-order valence-electron chi connectivity index (χ1n) is 6.14. The molecule has 2 saturated heterocycles. The number of hydrogen-bond acceptors (Lipinski definition) is 4. The number of aliphatic carboxylic acids is 1. The van der Waals surface area contributed by atoms with Crippen LogP contribution >= 0.6 is 11.8 Å². The number of hydrogen-bond donors (Lipinski definition) is 2. The minimum Gasteiger partial charge on any atom is -0.480 e. The lowest BCUT2D eigenvalue weighted by Crippen LogP contribution is -2.51. The van der Waals surface area contributed by atoms with Crippen LogP contribution < -0.4 is 5.32 Å². The third-order valence-corrected chi connectivity index (χ3v) is 4.49. The van der Waals surface area contributed by atoms with Gasteiger partial charge >= 0.3 is 12.0 Å². The van der Waals surface area contributed by atoms with E-state index in [0.29, 0.717) is 11.6 Å². The highest BCUT2D eigenvalue weighted by molar-refractivity contribution is 7.99. The third kappa shape index (κ3) is 3.08. The molecular weight excluding hydrogens is 254 g/mol. The zero-order valence-corrected chi connectivity index (χ0v) is 11.3. The molecule has 0 aromatic rings. The number of nitrogens with one attached hydrogen (secondary N) is 1. The maximum absolute atomic E-state index is 12.0. The number of thioether (sulfide) groups is 1. The number of likely N-dealkylation sites (tertiary alicyclic amines) is 1. The molecule has 2 heterocycles. The van der Waals surface area contributed by atoms with E-state index >= 15 is 0 Å². The lowest BCUT2D eigenvalue weighted by atomic mass is 10.1. The van der Waals surface area contributed by atoms with Gasteiger partial charge in [-0.2, -0.15) is 0 Å². The molecule has 0 bridgehead atoms. The van der Waals surface area contributed by atoms with Crippen LogP contribution in [0.1, 0.15) is 12.8 Å². The molecule has 2 N–H and O–H groups in total. The fraction of sp³-hybridized carbons (Fsp3) is 0.818. The Morgan fingerprint density at radius 1 is 1.33 bits per heavy atom. The summed E-state index contributed by atoms with van der Waals surface area (Å²) in [4.78, 5) is 26.7. The summed E-state index contributed by atoms with van der Waals surface area (Å²) in [6.45, 7) is 1.95. The number of carboxylic acid groups (broad SMARTS) is 1. The molecule has 2 rings (SSSR count). The summed E-state index contributed by atoms with van der Waals surface area (Å²) in [7, 11) is 2.07. The topological polar surface area (TPSA) is 72.9 Å². The standard InChI is InChI=1S/C11H19N3O3S/c1-13-4-2-8(3-5-13)12-11(17)14-7-18-6-9(14)10(15)16/h8-9H,2-7H2,1H3,(H,12,17)(H,15,16)/t9-/m0/s1. The van der Waals surface area contributed by atoms with Crippen LogP contribution in [0, 0.1) is 0 Å². The molecule has 0 spiro atoms. The van der Waals surface area contributed by atoms with Crippen LogP contribution in [0.15, 0.2) is 0 Å². The SMILES string of the molecule is CN1CCC(NC(=O)N2CSC[C@H]2C(=O)O)CC1. The maximum atomic E-state index is 12.0. The lowest BCUT2D eigenvalue weighted by Gasteiger charge is -2.31. The Morgan fingerprint density at radius 3 is 2.61 bits per heavy atom. The quantitative estimate of drug-likeness (QED) is 0.754. The highest BCUT2D eigenvalue weighted by atomic mass is 32.2. The van der Waals surface area contributed by atoms with Gasteiger partial charge in [0, 0.05) is 11.8 Å². The van der Waals surface area contributed by atoms with Crippen LogP contribution in [-0.4, -0.2) is 70.8 Å². The molecule has 2 aliphatic rings. The van der Waals surface area contributed by atoms with Gasteiger partial charge in [-0.15, -0.1) is 11.8 Å². The molecule has 1 atom stereocenters. The first kappa shape index (κ1) is 13.5. The predicted molar refractivity (Wildman–Crippen MR) is 69.6 cm³/mol. The van der Waals surface area contributed by atoms with Crippen molar-refractivity contribution in [2.75, 3.05) is 31.8 Å². The van der Waals surface area contributed by atoms with Gasteiger partial charge in [0.2, 0.25) is 0 Å². The minimum atomic E-state index is -0.918. The van der Waals surface area contributed by atoms with Gasteiger partial charge in [0.05, 0.1) is 5.88 Å². The van der Waals surface area contributed by atoms with Crippen molar-refractivity contribution in [3.63, 3.8) is 0 Å². The Bertz CT molecular complexity index is 331. The van der Waals surface area contributed by atoms with E-state index in [2.05, 4.69) is 17.3 Å². The molecule has 0 aromatic carbocycles. The van der Waals surface area contributed by atoms with E-state index in [1.165, 1.54) is 16.7 Å². The van der Waals surface area contributed by atoms with Gasteiger partial charge in [-0.05, 0) is 33.0 Å². The minimum absolute atomic E-state index is 0.175. The summed E-state index contributed by atoms with van der Waals surface area (Å²) < 4.78 is 0. The number of carbonyl (C=O) groups is 2. The summed E-state index contributed by atoms with van der Waals surface area (Å²) in [6, 6.07) is -0.739. The number of piperidine rings is 1. The summed E-state index contributed by atoms with van der Waals surface area (Å²) >= 11 is 1.49. The van der Waals surface area contributed by atoms with Crippen molar-refractivity contribution < 1.29 is 14.7 Å². The Hall–Kier alpha value is -0.950. The van der Waals surface area contributed by atoms with Crippen molar-refractivity contribution in [1.29, 1.82) is 0 Å². The van der Waals surface area contributed by atoms with Gasteiger partial charge in [-0.3, -0.25) is 0 Å². The molecule has 18 heavy (non-hydrogen) atoms. The van der Waals surface area contributed by atoms with Gasteiger partial charge < -0.3 is 20.2 Å². The number of rotatable bonds is 2. The number of urea groups is 1. The van der Waals surface area contributed by atoms with E-state index < -0.39 is 12.0 Å². The maximum Gasteiger partial charge on any atom is 0.327 e. The smallest absolute Gasteiger partial charge is 0.327 e. The Morgan fingerprint density at radius 2 is 2.00 bits per heavy atom. The van der Waals surface area contributed by atoms with E-state index in [0.717, 1.165) is 25.9 Å². The van der Waals surface area contributed by atoms with Crippen LogP contribution in [0.2, 0.25) is 0 Å². The molecular formula is C11H19N3O3S. The van der Waals surface area contributed by atoms with Crippen LogP contribution in [0.3, 0.4) is 0 Å². The van der Waals surface area contributed by atoms with Gasteiger partial charge in [0.1, 0.15) is 6.04 Å². The second-order valence-corrected chi connectivity index (χ2v) is 5.85. The molecule has 0 unspecified atom stereocenters. The third-order valence-electron chi connectivity index (χ3n) is 3.47. The zero-order valence-electron chi connectivity index (χ0n) is 10.5. The first-order chi connectivity index (χ1) is 8.58. The molecule has 0 radical (unpaired) electrons. The fourth-order valence-electron chi connectivity index (χ4n) is 2.26. The molecule has 0 aromatic heterocycles. The molecule has 7 heteroatoms. The monoisotopic (exact) mass is 273 g/mol. The van der Waals surface area contributed by atoms with Crippen LogP contribution in [0.5, 0.6) is 0 Å². The summed E-state index contributed by atoms with van der Waals surface area (Å²) in [5.74, 6) is 0.0320. The zero-order chi connectivity index (χ0) is 13.1. The average Bonchev–Trinajstić information content (AvgIpc) is 2.81. The molecule has 2 fully saturated rings. The average molecular weight is 273 g/mol. The first-order valence-corrected chi connectivity index (χ1v) is 7.29. The molecule has 0 aliphatic carbocycles. The van der Waals surface area contributed by atoms with Crippen LogP contribution in [0.25, 0.3) is 0 Å². The van der Waals surface area contributed by atoms with E-state index in [9.17, 15) is 9.59 Å². The van der Waals surface area contributed by atoms with E-state index in [4.69, 9.17) is 5.11 Å². The van der Waals surface area contributed by atoms with E-state index in [1.807, 2.05) is 0 Å². The summed E-state index contributed by atoms with van der Waals surface area (Å²) in [6.07, 6.45) is 1.86. The predicted octanol–water partition coefficient (Wildman–Crippen LogP) is 0.250. The largest absolute Gasteiger partial charge is 0.480 e. The number of carboxylic acids is 1. The Balaban J connectivity index is 1.86. The number of nitrogens with zero attached hydrogens (tertiary/aromatic N) is 2. The normalized spacial score (nSPS) is 26.3. The highest BCUT2D eigenvalue weighted by Crippen LogP contribution is 2.21. The Labute approximate surface area is 111 Å². The molecule has 2 aliphatic heterocycles. The second kappa shape index (κ2) is 5.79.